The number of nitrogens with one attached hydrogen (secondary N) is 2. The van der Waals surface area contributed by atoms with Gasteiger partial charge >= 0.3 is 0 Å². The molecule has 282 valence electrons. The van der Waals surface area contributed by atoms with Crippen LogP contribution >= 0.6 is 0 Å². The molecule has 0 heterocycles. The predicted molar refractivity (Wildman–Crippen MR) is 202 cm³/mol. The van der Waals surface area contributed by atoms with E-state index in [1.165, 1.54) is 0 Å². The van der Waals surface area contributed by atoms with E-state index in [0.717, 1.165) is 11.1 Å². The summed E-state index contributed by atoms with van der Waals surface area (Å²) < 4.78 is 43.8. The molecule has 0 fully saturated rings. The summed E-state index contributed by atoms with van der Waals surface area (Å²) in [5.41, 5.74) is 16.1. The van der Waals surface area contributed by atoms with E-state index in [1.54, 1.807) is 63.0 Å². The van der Waals surface area contributed by atoms with Crippen LogP contribution in [-0.2, 0) is 41.5 Å². The lowest BCUT2D eigenvalue weighted by molar-refractivity contribution is 0.0179. The molecule has 6 N–H and O–H groups in total. The number of nitrogens with two attached hydrogens (primary N) is 2. The molecular weight excluding hydrogens is 668 g/mol. The number of rotatable bonds is 28. The van der Waals surface area contributed by atoms with Crippen molar-refractivity contribution < 1.29 is 37.9 Å². The number of methoxy groups -OCH3 is 2. The van der Waals surface area contributed by atoms with E-state index >= 15 is 0 Å². The van der Waals surface area contributed by atoms with Crippen molar-refractivity contribution in [2.75, 3.05) is 93.5 Å². The van der Waals surface area contributed by atoms with Gasteiger partial charge in [-0.2, -0.15) is 0 Å². The highest BCUT2D eigenvalue weighted by molar-refractivity contribution is 5.98. The summed E-state index contributed by atoms with van der Waals surface area (Å²) >= 11 is 0. The SMILES string of the molecule is COCCOCCOCCOc1ccc(C(=N)N)cc1C=NCc1cccc(CN=Cc2cc(C(=N)N)ccc2OCCOCCOCCOC)c1. The molecule has 14 heteroatoms. The minimum absolute atomic E-state index is 0.0393. The summed E-state index contributed by atoms with van der Waals surface area (Å²) in [5, 5.41) is 15.7. The molecule has 14 nitrogen and oxygen atoms in total. The Kier molecular flexibility index (Phi) is 20.3. The Labute approximate surface area is 306 Å². The number of hydrogen-bond acceptors (Lipinski definition) is 12. The van der Waals surface area contributed by atoms with E-state index in [2.05, 4.69) is 9.98 Å². The summed E-state index contributed by atoms with van der Waals surface area (Å²) in [6.45, 7) is 6.36. The molecule has 3 rings (SSSR count). The lowest BCUT2D eigenvalue weighted by Gasteiger charge is -2.11. The van der Waals surface area contributed by atoms with Crippen LogP contribution in [0.15, 0.2) is 70.6 Å². The van der Waals surface area contributed by atoms with Gasteiger partial charge in [0.1, 0.15) is 36.4 Å². The Balaban J connectivity index is 1.55. The highest BCUT2D eigenvalue weighted by Gasteiger charge is 2.08. The van der Waals surface area contributed by atoms with Gasteiger partial charge in [-0.25, -0.2) is 0 Å². The standard InChI is InChI=1S/C38H52N6O8/c1-45-10-12-47-14-16-49-18-20-51-35-8-6-31(37(39)40)23-33(35)27-43-25-29-4-3-5-30(22-29)26-44-28-34-24-32(38(41)42)7-9-36(34)52-21-19-50-17-15-48-13-11-46-2/h3-9,22-24,27-28H,10-21,25-26H2,1-2H3,(H3,39,40)(H3,41,42). The average molecular weight is 721 g/mol. The van der Waals surface area contributed by atoms with Gasteiger partial charge in [0.25, 0.3) is 0 Å². The number of amidine groups is 2. The largest absolute Gasteiger partial charge is 0.491 e. The van der Waals surface area contributed by atoms with Gasteiger partial charge in [0.2, 0.25) is 0 Å². The number of nitrogens with zero attached hydrogens (tertiary/aromatic N) is 2. The van der Waals surface area contributed by atoms with E-state index in [0.29, 0.717) is 126 Å². The minimum atomic E-state index is -0.0393. The lowest BCUT2D eigenvalue weighted by Crippen LogP contribution is -2.14. The third kappa shape index (κ3) is 16.5. The van der Waals surface area contributed by atoms with Gasteiger partial charge in [-0.1, -0.05) is 24.3 Å². The van der Waals surface area contributed by atoms with Gasteiger partial charge in [-0.15, -0.1) is 0 Å². The summed E-state index contributed by atoms with van der Waals surface area (Å²) in [4.78, 5) is 9.31. The molecule has 0 aliphatic heterocycles. The summed E-state index contributed by atoms with van der Waals surface area (Å²) in [6.07, 6.45) is 3.45. The topological polar surface area (TPSA) is 198 Å². The summed E-state index contributed by atoms with van der Waals surface area (Å²) in [6, 6.07) is 18.6. The molecule has 0 aliphatic carbocycles. The first-order chi connectivity index (χ1) is 25.4. The van der Waals surface area contributed by atoms with Crippen molar-refractivity contribution >= 4 is 24.1 Å². The average Bonchev–Trinajstić information content (AvgIpc) is 3.14. The smallest absolute Gasteiger partial charge is 0.128 e. The van der Waals surface area contributed by atoms with Gasteiger partial charge in [0.05, 0.1) is 79.2 Å². The van der Waals surface area contributed by atoms with Gasteiger partial charge in [-0.3, -0.25) is 20.8 Å². The number of nitrogen functional groups attached to an aromatic ring is 2. The normalized spacial score (nSPS) is 11.4. The van der Waals surface area contributed by atoms with E-state index in [-0.39, 0.29) is 11.7 Å². The molecule has 0 aromatic heterocycles. The number of benzene rings is 3. The second-order valence-corrected chi connectivity index (χ2v) is 11.2. The molecule has 0 saturated heterocycles. The Morgan fingerprint density at radius 3 is 1.31 bits per heavy atom. The zero-order valence-electron chi connectivity index (χ0n) is 30.1. The van der Waals surface area contributed by atoms with Crippen LogP contribution < -0.4 is 20.9 Å². The molecule has 0 aliphatic rings. The first-order valence-corrected chi connectivity index (χ1v) is 17.0. The van der Waals surface area contributed by atoms with Crippen molar-refractivity contribution in [3.63, 3.8) is 0 Å². The van der Waals surface area contributed by atoms with Crippen molar-refractivity contribution in [1.29, 1.82) is 10.8 Å². The molecule has 3 aromatic rings. The number of hydrogen-bond donors (Lipinski definition) is 4. The second kappa shape index (κ2) is 25.3. The van der Waals surface area contributed by atoms with Crippen molar-refractivity contribution in [1.82, 2.24) is 0 Å². The molecule has 0 atom stereocenters. The molecule has 0 unspecified atom stereocenters. The fourth-order valence-electron chi connectivity index (χ4n) is 4.57. The maximum Gasteiger partial charge on any atom is 0.128 e. The Morgan fingerprint density at radius 2 is 0.923 bits per heavy atom. The van der Waals surface area contributed by atoms with Gasteiger partial charge in [0, 0.05) is 48.9 Å². The quantitative estimate of drug-likeness (QED) is 0.0488. The zero-order valence-corrected chi connectivity index (χ0v) is 30.1. The fourth-order valence-corrected chi connectivity index (χ4v) is 4.57. The van der Waals surface area contributed by atoms with Crippen LogP contribution in [0.25, 0.3) is 0 Å². The first kappa shape index (κ1) is 41.7. The van der Waals surface area contributed by atoms with Crippen LogP contribution in [0.5, 0.6) is 11.5 Å². The van der Waals surface area contributed by atoms with Crippen molar-refractivity contribution in [2.24, 2.45) is 21.5 Å². The predicted octanol–water partition coefficient (Wildman–Crippen LogP) is 3.61. The fraction of sp³-hybridized carbons (Fsp3) is 0.421. The van der Waals surface area contributed by atoms with E-state index < -0.39 is 0 Å². The number of aliphatic imine (C=N–C) groups is 2. The Hall–Kier alpha value is -4.70. The molecule has 0 saturated carbocycles. The zero-order chi connectivity index (χ0) is 37.2. The molecule has 0 radical (unpaired) electrons. The van der Waals surface area contributed by atoms with Crippen LogP contribution in [0, 0.1) is 10.8 Å². The minimum Gasteiger partial charge on any atom is -0.491 e. The first-order valence-electron chi connectivity index (χ1n) is 17.0. The van der Waals surface area contributed by atoms with Crippen LogP contribution in [0.1, 0.15) is 33.4 Å². The van der Waals surface area contributed by atoms with Crippen LogP contribution in [0.2, 0.25) is 0 Å². The van der Waals surface area contributed by atoms with Crippen LogP contribution in [0.4, 0.5) is 0 Å². The van der Waals surface area contributed by atoms with Crippen LogP contribution in [-0.4, -0.2) is 118 Å². The molecular formula is C38H52N6O8. The highest BCUT2D eigenvalue weighted by Crippen LogP contribution is 2.20. The number of ether oxygens (including phenoxy) is 8. The Morgan fingerprint density at radius 1 is 0.538 bits per heavy atom. The van der Waals surface area contributed by atoms with Gasteiger partial charge in [-0.05, 0) is 47.5 Å². The van der Waals surface area contributed by atoms with Gasteiger partial charge in [0.15, 0.2) is 0 Å². The summed E-state index contributed by atoms with van der Waals surface area (Å²) in [5.74, 6) is 1.15. The van der Waals surface area contributed by atoms with E-state index in [1.807, 2.05) is 24.3 Å². The van der Waals surface area contributed by atoms with E-state index in [9.17, 15) is 0 Å². The molecule has 3 aromatic carbocycles. The van der Waals surface area contributed by atoms with Crippen molar-refractivity contribution in [2.45, 2.75) is 13.1 Å². The van der Waals surface area contributed by atoms with Crippen molar-refractivity contribution in [3.8, 4) is 11.5 Å². The van der Waals surface area contributed by atoms with Crippen molar-refractivity contribution in [3.05, 3.63) is 94.0 Å². The molecule has 0 amide bonds. The highest BCUT2D eigenvalue weighted by atomic mass is 16.6. The third-order valence-corrected chi connectivity index (χ3v) is 7.22. The monoisotopic (exact) mass is 720 g/mol. The molecule has 52 heavy (non-hydrogen) atoms. The van der Waals surface area contributed by atoms with Gasteiger partial charge < -0.3 is 49.4 Å². The lowest BCUT2D eigenvalue weighted by atomic mass is 10.1. The molecule has 0 bridgehead atoms. The maximum absolute atomic E-state index is 7.84. The summed E-state index contributed by atoms with van der Waals surface area (Å²) in [7, 11) is 3.26. The Bertz CT molecular complexity index is 1460. The van der Waals surface area contributed by atoms with E-state index in [4.69, 9.17) is 60.2 Å². The third-order valence-electron chi connectivity index (χ3n) is 7.22. The second-order valence-electron chi connectivity index (χ2n) is 11.2. The molecule has 0 spiro atoms. The maximum atomic E-state index is 7.84. The van der Waals surface area contributed by atoms with Crippen LogP contribution in [0.3, 0.4) is 0 Å².